The molecule has 9 rings (SSSR count). The van der Waals surface area contributed by atoms with E-state index in [2.05, 4.69) is 127 Å². The molecular formula is C42H28IrN2-2. The minimum Gasteiger partial charge on any atom is -0.305 e. The predicted molar refractivity (Wildman–Crippen MR) is 181 cm³/mol. The summed E-state index contributed by atoms with van der Waals surface area (Å²) in [6.07, 6.45) is 3.79. The van der Waals surface area contributed by atoms with Crippen LogP contribution in [0.15, 0.2) is 152 Å². The molecule has 0 N–H and O–H groups in total. The quantitative estimate of drug-likeness (QED) is 0.133. The largest absolute Gasteiger partial charge is 0.305 e. The summed E-state index contributed by atoms with van der Waals surface area (Å²) in [5, 5.41) is 6.17. The minimum atomic E-state index is -0.372. The summed E-state index contributed by atoms with van der Waals surface area (Å²) in [6.45, 7) is 2.06. The average Bonchev–Trinajstić information content (AvgIpc) is 3.41. The maximum Gasteiger partial charge on any atom is 0.0706 e. The van der Waals surface area contributed by atoms with Crippen LogP contribution in [0.5, 0.6) is 0 Å². The number of aromatic nitrogens is 2. The number of aryl methyl sites for hydroxylation is 1. The fourth-order valence-corrected chi connectivity index (χ4v) is 6.98. The third-order valence-corrected chi connectivity index (χ3v) is 8.77. The maximum absolute atomic E-state index is 4.88. The van der Waals surface area contributed by atoms with Gasteiger partial charge in [-0.25, -0.2) is 0 Å². The molecule has 45 heavy (non-hydrogen) atoms. The van der Waals surface area contributed by atoms with Crippen LogP contribution in [0.4, 0.5) is 0 Å². The molecule has 8 aromatic rings. The van der Waals surface area contributed by atoms with Crippen LogP contribution in [0.1, 0.15) is 27.8 Å². The first-order chi connectivity index (χ1) is 21.8. The van der Waals surface area contributed by atoms with Gasteiger partial charge in [-0.3, -0.25) is 0 Å². The smallest absolute Gasteiger partial charge is 0.0706 e. The van der Waals surface area contributed by atoms with Crippen molar-refractivity contribution in [3.05, 3.63) is 192 Å². The Kier molecular flexibility index (Phi) is 7.59. The fraction of sp³-hybridized carbons (Fsp3) is 0.0476. The van der Waals surface area contributed by atoms with Crippen molar-refractivity contribution in [2.24, 2.45) is 0 Å². The normalized spacial score (nSPS) is 12.6. The third-order valence-electron chi connectivity index (χ3n) is 8.77. The van der Waals surface area contributed by atoms with Crippen LogP contribution < -0.4 is 0 Å². The van der Waals surface area contributed by atoms with Gasteiger partial charge in [0, 0.05) is 32.5 Å². The minimum absolute atomic E-state index is 0. The topological polar surface area (TPSA) is 25.8 Å². The Labute approximate surface area is 276 Å². The van der Waals surface area contributed by atoms with Gasteiger partial charge in [0.05, 0.1) is 5.41 Å². The summed E-state index contributed by atoms with van der Waals surface area (Å²) in [7, 11) is 0. The van der Waals surface area contributed by atoms with Gasteiger partial charge in [0.1, 0.15) is 0 Å². The zero-order valence-corrected chi connectivity index (χ0v) is 27.1. The van der Waals surface area contributed by atoms with E-state index in [9.17, 15) is 0 Å². The van der Waals surface area contributed by atoms with E-state index in [-0.39, 0.29) is 25.5 Å². The Morgan fingerprint density at radius 3 is 1.93 bits per heavy atom. The molecule has 2 aromatic heterocycles. The van der Waals surface area contributed by atoms with Gasteiger partial charge in [-0.2, -0.15) is 0 Å². The van der Waals surface area contributed by atoms with E-state index in [1.54, 1.807) is 0 Å². The molecule has 0 atom stereocenters. The summed E-state index contributed by atoms with van der Waals surface area (Å²) in [4.78, 5) is 9.15. The Hall–Kier alpha value is -4.95. The maximum atomic E-state index is 4.88. The number of fused-ring (bicyclic) bond motifs is 3. The second kappa shape index (κ2) is 11.9. The number of benzene rings is 6. The van der Waals surface area contributed by atoms with Gasteiger partial charge in [0.2, 0.25) is 0 Å². The molecule has 3 heteroatoms. The summed E-state index contributed by atoms with van der Waals surface area (Å²) in [5.74, 6) is 0. The second-order valence-corrected chi connectivity index (χ2v) is 11.2. The van der Waals surface area contributed by atoms with Crippen molar-refractivity contribution in [3.63, 3.8) is 0 Å². The van der Waals surface area contributed by atoms with Crippen LogP contribution >= 0.6 is 0 Å². The number of nitrogens with zero attached hydrogens (tertiary/aromatic N) is 2. The molecular weight excluding hydrogens is 725 g/mol. The molecule has 0 bridgehead atoms. The SMILES string of the molecule is Cc1ccnc(-c2[c-]cccc2)c1.[Ir].[c-]1cccc2c1c1nccc3c1c1c(cccc21)C3(c1ccccc1)c1ccccc1. The van der Waals surface area contributed by atoms with Crippen LogP contribution in [-0.4, -0.2) is 9.97 Å². The molecule has 2 heterocycles. The molecule has 217 valence electrons. The van der Waals surface area contributed by atoms with Crippen LogP contribution in [0, 0.1) is 19.1 Å². The van der Waals surface area contributed by atoms with E-state index in [1.807, 2.05) is 48.8 Å². The second-order valence-electron chi connectivity index (χ2n) is 11.2. The average molecular weight is 753 g/mol. The molecule has 0 unspecified atom stereocenters. The zero-order valence-electron chi connectivity index (χ0n) is 24.7. The predicted octanol–water partition coefficient (Wildman–Crippen LogP) is 9.89. The zero-order chi connectivity index (χ0) is 29.5. The molecule has 1 radical (unpaired) electrons. The number of rotatable bonds is 3. The molecule has 0 spiro atoms. The van der Waals surface area contributed by atoms with Crippen molar-refractivity contribution in [1.82, 2.24) is 9.97 Å². The Balaban J connectivity index is 0.000000196. The Morgan fingerprint density at radius 2 is 1.22 bits per heavy atom. The van der Waals surface area contributed by atoms with Gasteiger partial charge in [0.25, 0.3) is 0 Å². The van der Waals surface area contributed by atoms with Crippen molar-refractivity contribution in [2.45, 2.75) is 12.3 Å². The van der Waals surface area contributed by atoms with Gasteiger partial charge in [-0.15, -0.1) is 65.5 Å². The van der Waals surface area contributed by atoms with E-state index < -0.39 is 0 Å². The van der Waals surface area contributed by atoms with Gasteiger partial charge in [-0.05, 0) is 63.3 Å². The molecule has 1 aliphatic rings. The van der Waals surface area contributed by atoms with Crippen molar-refractivity contribution in [2.75, 3.05) is 0 Å². The Morgan fingerprint density at radius 1 is 0.556 bits per heavy atom. The summed E-state index contributed by atoms with van der Waals surface area (Å²) in [5.41, 5.74) is 9.14. The first-order valence-corrected chi connectivity index (χ1v) is 14.9. The summed E-state index contributed by atoms with van der Waals surface area (Å²) in [6, 6.07) is 55.6. The molecule has 0 saturated heterocycles. The molecule has 2 nitrogen and oxygen atoms in total. The number of pyridine rings is 2. The van der Waals surface area contributed by atoms with E-state index in [4.69, 9.17) is 4.98 Å². The fourth-order valence-electron chi connectivity index (χ4n) is 6.98. The first-order valence-electron chi connectivity index (χ1n) is 14.9. The molecule has 0 amide bonds. The monoisotopic (exact) mass is 753 g/mol. The molecule has 0 fully saturated rings. The van der Waals surface area contributed by atoms with Crippen molar-refractivity contribution in [3.8, 4) is 11.3 Å². The van der Waals surface area contributed by atoms with Crippen LogP contribution in [-0.2, 0) is 25.5 Å². The molecule has 1 aliphatic carbocycles. The van der Waals surface area contributed by atoms with E-state index in [0.29, 0.717) is 0 Å². The van der Waals surface area contributed by atoms with Crippen molar-refractivity contribution in [1.29, 1.82) is 0 Å². The van der Waals surface area contributed by atoms with E-state index in [1.165, 1.54) is 49.4 Å². The van der Waals surface area contributed by atoms with Gasteiger partial charge in [-0.1, -0.05) is 101 Å². The molecule has 0 aliphatic heterocycles. The van der Waals surface area contributed by atoms with E-state index in [0.717, 1.165) is 22.2 Å². The standard InChI is InChI=1S/C30H18N.C12H10N.Ir/c1-3-10-20(11-4-1)30(21-12-5-2-6-13-21)25-17-9-16-23-22-14-7-8-15-24(22)29-28(27(23)25)26(30)18-19-31-29;1-10-7-8-13-12(9-10)11-5-3-2-4-6-11;/h1-14,16-19H;2-5,7-9H,1H3;/q2*-1;. The van der Waals surface area contributed by atoms with Gasteiger partial charge >= 0.3 is 0 Å². The molecule has 6 aromatic carbocycles. The van der Waals surface area contributed by atoms with Gasteiger partial charge in [0.15, 0.2) is 0 Å². The number of hydrogen-bond donors (Lipinski definition) is 0. The summed E-state index contributed by atoms with van der Waals surface area (Å²) < 4.78 is 0. The third kappa shape index (κ3) is 4.59. The van der Waals surface area contributed by atoms with Gasteiger partial charge < -0.3 is 9.97 Å². The first kappa shape index (κ1) is 28.8. The van der Waals surface area contributed by atoms with Crippen molar-refractivity contribution < 1.29 is 20.1 Å². The Bertz CT molecular complexity index is 2160. The molecule has 0 saturated carbocycles. The van der Waals surface area contributed by atoms with Crippen molar-refractivity contribution >= 4 is 32.4 Å². The van der Waals surface area contributed by atoms with Crippen LogP contribution in [0.2, 0.25) is 0 Å². The van der Waals surface area contributed by atoms with Crippen LogP contribution in [0.3, 0.4) is 0 Å². The van der Waals surface area contributed by atoms with E-state index >= 15 is 0 Å². The van der Waals surface area contributed by atoms with Crippen LogP contribution in [0.25, 0.3) is 43.7 Å². The summed E-state index contributed by atoms with van der Waals surface area (Å²) >= 11 is 0. The number of hydrogen-bond acceptors (Lipinski definition) is 2.